The number of pyridine rings is 1. The summed E-state index contributed by atoms with van der Waals surface area (Å²) < 4.78 is 27.7. The van der Waals surface area contributed by atoms with E-state index in [1.165, 1.54) is 12.1 Å². The van der Waals surface area contributed by atoms with E-state index in [9.17, 15) is 18.7 Å². The van der Waals surface area contributed by atoms with Gasteiger partial charge in [0.15, 0.2) is 5.82 Å². The minimum atomic E-state index is -0.876. The highest BCUT2D eigenvalue weighted by atomic mass is 19.1. The summed E-state index contributed by atoms with van der Waals surface area (Å²) in [6.07, 6.45) is 0. The minimum absolute atomic E-state index is 0.142. The third-order valence-corrected chi connectivity index (χ3v) is 3.83. The number of phenols is 1. The first-order valence-electron chi connectivity index (χ1n) is 7.23. The molecule has 0 fully saturated rings. The Kier molecular flexibility index (Phi) is 3.64. The molecule has 1 heterocycles. The molecule has 0 bridgehead atoms. The Balaban J connectivity index is 2.29. The molecule has 0 aliphatic heterocycles. The molecule has 0 aliphatic rings. The summed E-state index contributed by atoms with van der Waals surface area (Å²) in [6.45, 7) is 3.58. The monoisotopic (exact) mass is 315 g/mol. The third kappa shape index (κ3) is 2.59. The number of aromatic hydroxyl groups is 1. The van der Waals surface area contributed by atoms with Crippen molar-refractivity contribution in [3.63, 3.8) is 0 Å². The summed E-state index contributed by atoms with van der Waals surface area (Å²) in [5, 5.41) is 10.6. The van der Waals surface area contributed by atoms with Gasteiger partial charge in [0.2, 0.25) is 0 Å². The van der Waals surface area contributed by atoms with E-state index >= 15 is 0 Å². The summed E-state index contributed by atoms with van der Waals surface area (Å²) >= 11 is 0. The number of para-hydroxylation sites is 1. The van der Waals surface area contributed by atoms with Gasteiger partial charge in [0.25, 0.3) is 5.56 Å². The van der Waals surface area contributed by atoms with Crippen molar-refractivity contribution in [3.8, 4) is 16.9 Å². The van der Waals surface area contributed by atoms with Crippen LogP contribution in [0.1, 0.15) is 25.3 Å². The third-order valence-electron chi connectivity index (χ3n) is 3.83. The number of phenolic OH excluding ortho intramolecular Hbond substituents is 1. The molecule has 0 aliphatic carbocycles. The van der Waals surface area contributed by atoms with Gasteiger partial charge in [0.05, 0.1) is 5.52 Å². The smallest absolute Gasteiger partial charge is 0.284 e. The molecule has 0 radical (unpaired) electrons. The molecule has 23 heavy (non-hydrogen) atoms. The molecule has 3 rings (SSSR count). The number of halogens is 2. The average Bonchev–Trinajstić information content (AvgIpc) is 2.46. The SMILES string of the molecule is CC(C)c1c(O)cc(-c2cccc3cc(F)c(=O)[nH]c23)cc1F. The van der Waals surface area contributed by atoms with E-state index in [1.54, 1.807) is 32.0 Å². The van der Waals surface area contributed by atoms with Crippen molar-refractivity contribution in [1.29, 1.82) is 0 Å². The van der Waals surface area contributed by atoms with Crippen LogP contribution in [-0.2, 0) is 0 Å². The number of hydrogen-bond donors (Lipinski definition) is 2. The van der Waals surface area contributed by atoms with Crippen molar-refractivity contribution in [1.82, 2.24) is 4.98 Å². The van der Waals surface area contributed by atoms with E-state index in [1.807, 2.05) is 0 Å². The highest BCUT2D eigenvalue weighted by Gasteiger charge is 2.16. The Morgan fingerprint density at radius 3 is 2.48 bits per heavy atom. The molecule has 0 unspecified atom stereocenters. The molecule has 3 aromatic rings. The van der Waals surface area contributed by atoms with Gasteiger partial charge in [0.1, 0.15) is 11.6 Å². The molecule has 2 N–H and O–H groups in total. The van der Waals surface area contributed by atoms with Crippen molar-refractivity contribution >= 4 is 10.9 Å². The van der Waals surface area contributed by atoms with Gasteiger partial charge in [-0.15, -0.1) is 0 Å². The van der Waals surface area contributed by atoms with Crippen LogP contribution in [0.4, 0.5) is 8.78 Å². The largest absolute Gasteiger partial charge is 0.508 e. The van der Waals surface area contributed by atoms with Crippen LogP contribution in [0, 0.1) is 11.6 Å². The molecule has 2 aromatic carbocycles. The van der Waals surface area contributed by atoms with Crippen molar-refractivity contribution in [2.24, 2.45) is 0 Å². The van der Waals surface area contributed by atoms with Gasteiger partial charge < -0.3 is 10.1 Å². The van der Waals surface area contributed by atoms with Crippen LogP contribution in [-0.4, -0.2) is 10.1 Å². The molecule has 5 heteroatoms. The van der Waals surface area contributed by atoms with E-state index < -0.39 is 17.2 Å². The molecule has 0 atom stereocenters. The Morgan fingerprint density at radius 1 is 1.09 bits per heavy atom. The minimum Gasteiger partial charge on any atom is -0.508 e. The number of nitrogens with one attached hydrogen (secondary N) is 1. The topological polar surface area (TPSA) is 53.1 Å². The zero-order valence-electron chi connectivity index (χ0n) is 12.7. The number of fused-ring (bicyclic) bond motifs is 1. The quantitative estimate of drug-likeness (QED) is 0.740. The number of hydrogen-bond acceptors (Lipinski definition) is 2. The van der Waals surface area contributed by atoms with E-state index in [2.05, 4.69) is 4.98 Å². The lowest BCUT2D eigenvalue weighted by Crippen LogP contribution is -2.10. The first-order chi connectivity index (χ1) is 10.9. The molecular formula is C18H15F2NO2. The predicted octanol–water partition coefficient (Wildman–Crippen LogP) is 4.30. The van der Waals surface area contributed by atoms with E-state index in [0.717, 1.165) is 6.07 Å². The second-order valence-electron chi connectivity index (χ2n) is 5.76. The normalized spacial score (nSPS) is 11.3. The van der Waals surface area contributed by atoms with Gasteiger partial charge in [-0.3, -0.25) is 4.79 Å². The molecule has 0 saturated heterocycles. The van der Waals surface area contributed by atoms with Crippen LogP contribution in [0.15, 0.2) is 41.2 Å². The van der Waals surface area contributed by atoms with Gasteiger partial charge in [0, 0.05) is 16.5 Å². The van der Waals surface area contributed by atoms with Gasteiger partial charge in [-0.25, -0.2) is 8.78 Å². The zero-order valence-corrected chi connectivity index (χ0v) is 12.7. The number of benzene rings is 2. The lowest BCUT2D eigenvalue weighted by molar-refractivity contribution is 0.454. The van der Waals surface area contributed by atoms with Gasteiger partial charge in [-0.1, -0.05) is 32.0 Å². The Bertz CT molecular complexity index is 938. The first kappa shape index (κ1) is 15.2. The summed E-state index contributed by atoms with van der Waals surface area (Å²) in [7, 11) is 0. The maximum absolute atomic E-state index is 14.3. The first-order valence-corrected chi connectivity index (χ1v) is 7.23. The lowest BCUT2D eigenvalue weighted by atomic mass is 9.95. The van der Waals surface area contributed by atoms with Gasteiger partial charge in [-0.2, -0.15) is 0 Å². The molecule has 118 valence electrons. The van der Waals surface area contributed by atoms with Crippen LogP contribution >= 0.6 is 0 Å². The van der Waals surface area contributed by atoms with Crippen molar-refractivity contribution in [2.45, 2.75) is 19.8 Å². The van der Waals surface area contributed by atoms with Crippen molar-refractivity contribution < 1.29 is 13.9 Å². The molecule has 1 aromatic heterocycles. The average molecular weight is 315 g/mol. The van der Waals surface area contributed by atoms with Crippen LogP contribution in [0.25, 0.3) is 22.0 Å². The fourth-order valence-corrected chi connectivity index (χ4v) is 2.78. The number of rotatable bonds is 2. The number of aromatic amines is 1. The fraction of sp³-hybridized carbons (Fsp3) is 0.167. The van der Waals surface area contributed by atoms with E-state index in [4.69, 9.17) is 0 Å². The number of H-pyrrole nitrogens is 1. The Hall–Kier alpha value is -2.69. The molecular weight excluding hydrogens is 300 g/mol. The summed E-state index contributed by atoms with van der Waals surface area (Å²) in [6, 6.07) is 8.91. The van der Waals surface area contributed by atoms with E-state index in [0.29, 0.717) is 22.0 Å². The molecule has 0 saturated carbocycles. The van der Waals surface area contributed by atoms with E-state index in [-0.39, 0.29) is 17.2 Å². The van der Waals surface area contributed by atoms with Crippen LogP contribution < -0.4 is 5.56 Å². The van der Waals surface area contributed by atoms with Crippen molar-refractivity contribution in [2.75, 3.05) is 0 Å². The number of aromatic nitrogens is 1. The van der Waals surface area contributed by atoms with Crippen molar-refractivity contribution in [3.05, 3.63) is 63.9 Å². The zero-order chi connectivity index (χ0) is 16.7. The summed E-state index contributed by atoms with van der Waals surface area (Å²) in [5.74, 6) is -1.70. The maximum Gasteiger partial charge on any atom is 0.284 e. The Morgan fingerprint density at radius 2 is 1.83 bits per heavy atom. The summed E-state index contributed by atoms with van der Waals surface area (Å²) in [4.78, 5) is 14.0. The predicted molar refractivity (Wildman–Crippen MR) is 85.7 cm³/mol. The lowest BCUT2D eigenvalue weighted by Gasteiger charge is -2.13. The Labute approximate surface area is 131 Å². The molecule has 3 nitrogen and oxygen atoms in total. The second-order valence-corrected chi connectivity index (χ2v) is 5.76. The highest BCUT2D eigenvalue weighted by molar-refractivity contribution is 5.93. The standard InChI is InChI=1S/C18H15F2NO2/c1-9(2)16-13(19)7-11(8-15(16)22)12-5-3-4-10-6-14(20)18(23)21-17(10)12/h3-9,22H,1-2H3,(H,21,23). The highest BCUT2D eigenvalue weighted by Crippen LogP contribution is 2.35. The molecule has 0 amide bonds. The molecule has 0 spiro atoms. The fourth-order valence-electron chi connectivity index (χ4n) is 2.78. The van der Waals surface area contributed by atoms with Crippen LogP contribution in [0.2, 0.25) is 0 Å². The van der Waals surface area contributed by atoms with Crippen LogP contribution in [0.3, 0.4) is 0 Å². The maximum atomic E-state index is 14.3. The second kappa shape index (κ2) is 5.50. The summed E-state index contributed by atoms with van der Waals surface area (Å²) in [5.41, 5.74) is 0.735. The van der Waals surface area contributed by atoms with Gasteiger partial charge in [-0.05, 0) is 29.7 Å². The van der Waals surface area contributed by atoms with Crippen LogP contribution in [0.5, 0.6) is 5.75 Å². The van der Waals surface area contributed by atoms with Gasteiger partial charge >= 0.3 is 0 Å².